The van der Waals surface area contributed by atoms with Gasteiger partial charge in [-0.25, -0.2) is 9.97 Å². The number of rotatable bonds is 3. The third kappa shape index (κ3) is 3.10. The van der Waals surface area contributed by atoms with Crippen molar-refractivity contribution < 1.29 is 0 Å². The van der Waals surface area contributed by atoms with Crippen LogP contribution in [0.3, 0.4) is 0 Å². The van der Waals surface area contributed by atoms with E-state index in [2.05, 4.69) is 33.9 Å². The summed E-state index contributed by atoms with van der Waals surface area (Å²) in [5, 5.41) is 3.37. The second-order valence-electron chi connectivity index (χ2n) is 6.26. The van der Waals surface area contributed by atoms with Crippen molar-refractivity contribution in [1.29, 1.82) is 0 Å². The van der Waals surface area contributed by atoms with Crippen molar-refractivity contribution in [3.05, 3.63) is 17.5 Å². The molecular formula is C15H25N5. The fourth-order valence-corrected chi connectivity index (χ4v) is 3.05. The van der Waals surface area contributed by atoms with E-state index >= 15 is 0 Å². The first-order chi connectivity index (χ1) is 9.72. The molecule has 1 fully saturated rings. The Morgan fingerprint density at radius 2 is 2.05 bits per heavy atom. The molecule has 0 aromatic carbocycles. The lowest BCUT2D eigenvalue weighted by Gasteiger charge is -2.31. The van der Waals surface area contributed by atoms with Gasteiger partial charge in [-0.1, -0.05) is 13.8 Å². The summed E-state index contributed by atoms with van der Waals surface area (Å²) in [6, 6.07) is 0. The summed E-state index contributed by atoms with van der Waals surface area (Å²) in [7, 11) is 0. The van der Waals surface area contributed by atoms with Gasteiger partial charge in [-0.05, 0) is 5.92 Å². The van der Waals surface area contributed by atoms with Crippen LogP contribution in [-0.4, -0.2) is 54.1 Å². The van der Waals surface area contributed by atoms with Crippen LogP contribution in [0.25, 0.3) is 0 Å². The predicted molar refractivity (Wildman–Crippen MR) is 80.9 cm³/mol. The van der Waals surface area contributed by atoms with Crippen molar-refractivity contribution in [1.82, 2.24) is 20.2 Å². The first-order valence-corrected chi connectivity index (χ1v) is 7.75. The van der Waals surface area contributed by atoms with Crippen molar-refractivity contribution in [2.75, 3.05) is 44.2 Å². The molecular weight excluding hydrogens is 250 g/mol. The SMILES string of the molecule is CC(C)CN1CCc2nc(N3CCNCC3)ncc2C1. The molecule has 0 saturated carbocycles. The molecule has 1 N–H and O–H groups in total. The maximum Gasteiger partial charge on any atom is 0.225 e. The molecule has 3 heterocycles. The Kier molecular flexibility index (Phi) is 4.17. The number of nitrogens with zero attached hydrogens (tertiary/aromatic N) is 4. The summed E-state index contributed by atoms with van der Waals surface area (Å²) in [6.45, 7) is 11.9. The minimum absolute atomic E-state index is 0.720. The van der Waals surface area contributed by atoms with Gasteiger partial charge in [0, 0.05) is 64.0 Å². The van der Waals surface area contributed by atoms with Crippen LogP contribution in [0.2, 0.25) is 0 Å². The van der Waals surface area contributed by atoms with Gasteiger partial charge in [0.15, 0.2) is 0 Å². The summed E-state index contributed by atoms with van der Waals surface area (Å²) in [6.07, 6.45) is 3.11. The van der Waals surface area contributed by atoms with Crippen LogP contribution in [0.5, 0.6) is 0 Å². The molecule has 0 bridgehead atoms. The number of hydrogen-bond donors (Lipinski definition) is 1. The van der Waals surface area contributed by atoms with E-state index in [1.54, 1.807) is 0 Å². The van der Waals surface area contributed by atoms with E-state index in [0.717, 1.165) is 57.6 Å². The Morgan fingerprint density at radius 1 is 1.25 bits per heavy atom. The Hall–Kier alpha value is -1.20. The number of anilines is 1. The summed E-state index contributed by atoms with van der Waals surface area (Å²) in [5.41, 5.74) is 2.57. The lowest BCUT2D eigenvalue weighted by atomic mass is 10.1. The van der Waals surface area contributed by atoms with E-state index in [1.807, 2.05) is 6.20 Å². The normalized spacial score (nSPS) is 20.2. The molecule has 110 valence electrons. The summed E-state index contributed by atoms with van der Waals surface area (Å²) in [5.74, 6) is 1.64. The zero-order valence-electron chi connectivity index (χ0n) is 12.6. The molecule has 0 radical (unpaired) electrons. The van der Waals surface area contributed by atoms with Crippen molar-refractivity contribution in [3.8, 4) is 0 Å². The largest absolute Gasteiger partial charge is 0.338 e. The number of aromatic nitrogens is 2. The molecule has 1 aromatic heterocycles. The number of fused-ring (bicyclic) bond motifs is 1. The second-order valence-corrected chi connectivity index (χ2v) is 6.26. The van der Waals surface area contributed by atoms with Gasteiger partial charge >= 0.3 is 0 Å². The summed E-state index contributed by atoms with van der Waals surface area (Å²) >= 11 is 0. The number of piperazine rings is 1. The number of hydrogen-bond acceptors (Lipinski definition) is 5. The minimum atomic E-state index is 0.720. The number of nitrogens with one attached hydrogen (secondary N) is 1. The highest BCUT2D eigenvalue weighted by Gasteiger charge is 2.20. The van der Waals surface area contributed by atoms with E-state index < -0.39 is 0 Å². The first-order valence-electron chi connectivity index (χ1n) is 7.75. The molecule has 0 spiro atoms. The van der Waals surface area contributed by atoms with Crippen molar-refractivity contribution in [3.63, 3.8) is 0 Å². The summed E-state index contributed by atoms with van der Waals surface area (Å²) in [4.78, 5) is 14.2. The van der Waals surface area contributed by atoms with E-state index in [-0.39, 0.29) is 0 Å². The molecule has 0 amide bonds. The highest BCUT2D eigenvalue weighted by atomic mass is 15.3. The Labute approximate surface area is 121 Å². The van der Waals surface area contributed by atoms with Gasteiger partial charge < -0.3 is 10.2 Å². The Bertz CT molecular complexity index is 454. The van der Waals surface area contributed by atoms with Crippen molar-refractivity contribution in [2.24, 2.45) is 5.92 Å². The minimum Gasteiger partial charge on any atom is -0.338 e. The molecule has 0 aliphatic carbocycles. The van der Waals surface area contributed by atoms with Crippen LogP contribution in [0.1, 0.15) is 25.1 Å². The lowest BCUT2D eigenvalue weighted by Crippen LogP contribution is -2.44. The predicted octanol–water partition coefficient (Wildman–Crippen LogP) is 0.900. The molecule has 20 heavy (non-hydrogen) atoms. The average Bonchev–Trinajstić information content (AvgIpc) is 2.47. The fourth-order valence-electron chi connectivity index (χ4n) is 3.05. The average molecular weight is 275 g/mol. The van der Waals surface area contributed by atoms with Crippen LogP contribution < -0.4 is 10.2 Å². The maximum absolute atomic E-state index is 4.81. The maximum atomic E-state index is 4.81. The second kappa shape index (κ2) is 6.06. The van der Waals surface area contributed by atoms with E-state index in [1.165, 1.54) is 17.8 Å². The third-order valence-electron chi connectivity index (χ3n) is 4.02. The zero-order chi connectivity index (χ0) is 13.9. The highest BCUT2D eigenvalue weighted by molar-refractivity contribution is 5.34. The quantitative estimate of drug-likeness (QED) is 0.888. The Balaban J connectivity index is 1.71. The van der Waals surface area contributed by atoms with Crippen LogP contribution in [0, 0.1) is 5.92 Å². The topological polar surface area (TPSA) is 44.3 Å². The molecule has 1 aromatic rings. The smallest absolute Gasteiger partial charge is 0.225 e. The van der Waals surface area contributed by atoms with Gasteiger partial charge in [0.1, 0.15) is 0 Å². The third-order valence-corrected chi connectivity index (χ3v) is 4.02. The zero-order valence-corrected chi connectivity index (χ0v) is 12.6. The standard InChI is InChI=1S/C15H25N5/c1-12(2)10-19-6-3-14-13(11-19)9-17-15(18-14)20-7-4-16-5-8-20/h9,12,16H,3-8,10-11H2,1-2H3. The van der Waals surface area contributed by atoms with Gasteiger partial charge in [-0.3, -0.25) is 4.90 Å². The lowest BCUT2D eigenvalue weighted by molar-refractivity contribution is 0.224. The van der Waals surface area contributed by atoms with Crippen LogP contribution in [-0.2, 0) is 13.0 Å². The van der Waals surface area contributed by atoms with Gasteiger partial charge in [0.25, 0.3) is 0 Å². The fraction of sp³-hybridized carbons (Fsp3) is 0.733. The van der Waals surface area contributed by atoms with Gasteiger partial charge in [0.2, 0.25) is 5.95 Å². The molecule has 3 rings (SSSR count). The van der Waals surface area contributed by atoms with Gasteiger partial charge in [0.05, 0.1) is 5.69 Å². The van der Waals surface area contributed by atoms with Crippen molar-refractivity contribution >= 4 is 5.95 Å². The first kappa shape index (κ1) is 13.8. The van der Waals surface area contributed by atoms with Crippen LogP contribution in [0.15, 0.2) is 6.20 Å². The van der Waals surface area contributed by atoms with E-state index in [9.17, 15) is 0 Å². The monoisotopic (exact) mass is 275 g/mol. The van der Waals surface area contributed by atoms with Crippen molar-refractivity contribution in [2.45, 2.75) is 26.8 Å². The highest BCUT2D eigenvalue weighted by Crippen LogP contribution is 2.20. The summed E-state index contributed by atoms with van der Waals surface area (Å²) < 4.78 is 0. The molecule has 2 aliphatic rings. The molecule has 1 saturated heterocycles. The molecule has 5 nitrogen and oxygen atoms in total. The molecule has 0 unspecified atom stereocenters. The molecule has 2 aliphatic heterocycles. The van der Waals surface area contributed by atoms with Crippen LogP contribution in [0.4, 0.5) is 5.95 Å². The van der Waals surface area contributed by atoms with Crippen LogP contribution >= 0.6 is 0 Å². The van der Waals surface area contributed by atoms with E-state index in [4.69, 9.17) is 4.98 Å². The van der Waals surface area contributed by atoms with Gasteiger partial charge in [-0.2, -0.15) is 0 Å². The Morgan fingerprint density at radius 3 is 2.80 bits per heavy atom. The van der Waals surface area contributed by atoms with E-state index in [0.29, 0.717) is 0 Å². The molecule has 5 heteroatoms. The van der Waals surface area contributed by atoms with Gasteiger partial charge in [-0.15, -0.1) is 0 Å². The molecule has 0 atom stereocenters.